The number of hydrogen-bond donors (Lipinski definition) is 1. The van der Waals surface area contributed by atoms with Gasteiger partial charge >= 0.3 is 0 Å². The molecule has 1 saturated heterocycles. The molecule has 2 fully saturated rings. The number of fused-ring (bicyclic) bond motifs is 1. The minimum Gasteiger partial charge on any atom is -0.461 e. The maximum absolute atomic E-state index is 12.5. The zero-order chi connectivity index (χ0) is 24.7. The van der Waals surface area contributed by atoms with Crippen molar-refractivity contribution in [2.45, 2.75) is 32.8 Å². The average Bonchev–Trinajstić information content (AvgIpc) is 3.21. The zero-order valence-electron chi connectivity index (χ0n) is 20.7. The average molecular weight is 498 g/mol. The Balaban J connectivity index is 1.27. The van der Waals surface area contributed by atoms with E-state index in [-0.39, 0.29) is 17.9 Å². The molecule has 0 atom stereocenters. The molecular weight excluding hydrogens is 466 g/mol. The van der Waals surface area contributed by atoms with Gasteiger partial charge in [-0.05, 0) is 37.0 Å². The quantitative estimate of drug-likeness (QED) is 0.544. The number of imidazole rings is 1. The van der Waals surface area contributed by atoms with Crippen LogP contribution in [0.4, 0.5) is 5.69 Å². The Kier molecular flexibility index (Phi) is 6.36. The van der Waals surface area contributed by atoms with E-state index in [1.807, 2.05) is 32.0 Å². The number of carbonyl (C=O) groups excluding carboxylic acids is 1. The number of benzene rings is 1. The van der Waals surface area contributed by atoms with Gasteiger partial charge in [-0.2, -0.15) is 4.98 Å². The maximum Gasteiger partial charge on any atom is 0.296 e. The van der Waals surface area contributed by atoms with Crippen molar-refractivity contribution >= 4 is 34.4 Å². The normalized spacial score (nSPS) is 20.5. The molecule has 8 nitrogen and oxygen atoms in total. The van der Waals surface area contributed by atoms with Gasteiger partial charge in [-0.15, -0.1) is 0 Å². The number of pyridine rings is 1. The summed E-state index contributed by atoms with van der Waals surface area (Å²) < 4.78 is 11.5. The van der Waals surface area contributed by atoms with E-state index in [4.69, 9.17) is 26.1 Å². The van der Waals surface area contributed by atoms with Crippen molar-refractivity contribution < 1.29 is 14.3 Å². The molecule has 1 aliphatic heterocycles. The molecule has 35 heavy (non-hydrogen) atoms. The molecule has 0 radical (unpaired) electrons. The third kappa shape index (κ3) is 4.69. The van der Waals surface area contributed by atoms with Gasteiger partial charge in [0.15, 0.2) is 5.65 Å². The van der Waals surface area contributed by atoms with Gasteiger partial charge in [0.1, 0.15) is 6.10 Å². The summed E-state index contributed by atoms with van der Waals surface area (Å²) in [6.07, 6.45) is 1.66. The van der Waals surface area contributed by atoms with Crippen LogP contribution < -0.4 is 9.64 Å². The highest BCUT2D eigenvalue weighted by Gasteiger charge is 2.46. The van der Waals surface area contributed by atoms with Crippen LogP contribution >= 0.6 is 11.6 Å². The van der Waals surface area contributed by atoms with Gasteiger partial charge in [-0.3, -0.25) is 4.79 Å². The Morgan fingerprint density at radius 3 is 2.51 bits per heavy atom. The van der Waals surface area contributed by atoms with Crippen molar-refractivity contribution in [1.29, 1.82) is 0 Å². The molecular formula is C26H32ClN5O3. The smallest absolute Gasteiger partial charge is 0.296 e. The second-order valence-corrected chi connectivity index (χ2v) is 10.6. The van der Waals surface area contributed by atoms with Crippen LogP contribution in [0, 0.1) is 11.3 Å². The Morgan fingerprint density at radius 2 is 1.86 bits per heavy atom. The van der Waals surface area contributed by atoms with Crippen LogP contribution in [0.2, 0.25) is 5.02 Å². The number of aromatic amines is 1. The lowest BCUT2D eigenvalue weighted by atomic mass is 9.65. The van der Waals surface area contributed by atoms with Crippen molar-refractivity contribution in [3.63, 3.8) is 0 Å². The fourth-order valence-corrected chi connectivity index (χ4v) is 5.23. The summed E-state index contributed by atoms with van der Waals surface area (Å²) in [5.74, 6) is 0.431. The first-order valence-corrected chi connectivity index (χ1v) is 12.5. The van der Waals surface area contributed by atoms with Crippen molar-refractivity contribution in [3.8, 4) is 17.3 Å². The van der Waals surface area contributed by atoms with Crippen LogP contribution in [-0.2, 0) is 9.53 Å². The van der Waals surface area contributed by atoms with Crippen molar-refractivity contribution in [3.05, 3.63) is 35.4 Å². The number of ether oxygens (including phenoxy) is 2. The summed E-state index contributed by atoms with van der Waals surface area (Å²) in [4.78, 5) is 28.9. The largest absolute Gasteiger partial charge is 0.461 e. The molecule has 0 bridgehead atoms. The third-order valence-electron chi connectivity index (χ3n) is 7.27. The fraction of sp³-hybridized carbons (Fsp3) is 0.500. The van der Waals surface area contributed by atoms with Crippen molar-refractivity contribution in [2.75, 3.05) is 45.3 Å². The Morgan fingerprint density at radius 1 is 1.17 bits per heavy atom. The molecule has 1 aromatic carbocycles. The third-order valence-corrected chi connectivity index (χ3v) is 7.56. The highest BCUT2D eigenvalue weighted by Crippen LogP contribution is 2.44. The fourth-order valence-electron chi connectivity index (χ4n) is 4.97. The highest BCUT2D eigenvalue weighted by atomic mass is 35.5. The van der Waals surface area contributed by atoms with E-state index < -0.39 is 5.41 Å². The maximum atomic E-state index is 12.5. The number of amides is 1. The summed E-state index contributed by atoms with van der Waals surface area (Å²) in [5, 5.41) is 0.555. The van der Waals surface area contributed by atoms with Gasteiger partial charge in [0.2, 0.25) is 5.91 Å². The molecule has 1 aliphatic carbocycles. The predicted molar refractivity (Wildman–Crippen MR) is 137 cm³/mol. The van der Waals surface area contributed by atoms with Crippen LogP contribution in [0.25, 0.3) is 22.4 Å². The highest BCUT2D eigenvalue weighted by molar-refractivity contribution is 6.33. The number of morpholine rings is 1. The second kappa shape index (κ2) is 9.32. The molecule has 1 N–H and O–H groups in total. The van der Waals surface area contributed by atoms with Gasteiger partial charge < -0.3 is 24.3 Å². The predicted octanol–water partition coefficient (Wildman–Crippen LogP) is 4.39. The molecule has 5 rings (SSSR count). The number of rotatable bonds is 6. The lowest BCUT2D eigenvalue weighted by Gasteiger charge is -2.44. The minimum atomic E-state index is -0.404. The summed E-state index contributed by atoms with van der Waals surface area (Å²) >= 11 is 6.59. The number of halogens is 1. The van der Waals surface area contributed by atoms with E-state index in [9.17, 15) is 4.79 Å². The molecule has 1 amide bonds. The minimum absolute atomic E-state index is 0.0254. The molecule has 1 saturated carbocycles. The Bertz CT molecular complexity index is 1210. The van der Waals surface area contributed by atoms with E-state index >= 15 is 0 Å². The van der Waals surface area contributed by atoms with Gasteiger partial charge in [-0.1, -0.05) is 37.6 Å². The van der Waals surface area contributed by atoms with Crippen LogP contribution in [0.15, 0.2) is 30.3 Å². The van der Waals surface area contributed by atoms with Crippen molar-refractivity contribution in [2.24, 2.45) is 11.3 Å². The molecule has 2 aromatic heterocycles. The Hall–Kier alpha value is -2.84. The summed E-state index contributed by atoms with van der Waals surface area (Å²) in [7, 11) is 3.60. The van der Waals surface area contributed by atoms with E-state index in [2.05, 4.69) is 27.0 Å². The van der Waals surface area contributed by atoms with Crippen molar-refractivity contribution in [1.82, 2.24) is 19.9 Å². The number of hydrogen-bond acceptors (Lipinski definition) is 6. The first-order chi connectivity index (χ1) is 16.7. The monoisotopic (exact) mass is 497 g/mol. The number of nitrogens with one attached hydrogen (secondary N) is 1. The molecule has 3 aromatic rings. The van der Waals surface area contributed by atoms with Crippen LogP contribution in [0.1, 0.15) is 26.7 Å². The van der Waals surface area contributed by atoms with Gasteiger partial charge in [0.05, 0.1) is 29.4 Å². The standard InChI is InChI=1S/C26H32ClN5O3/c1-26(2,24(33)31(3)4)17-13-19(14-17)35-25-28-21-15-20(27)22(29-23(21)30-25)16-5-7-18(8-6-16)32-9-11-34-12-10-32/h5-8,15,17,19H,9-14H2,1-4H3,(H,28,29,30)/t17-,19+. The SMILES string of the molecule is CN(C)C(=O)C(C)(C)[C@H]1C[C@@H](Oc2nc3nc(-c4ccc(N5CCOCC5)cc4)c(Cl)cc3[nH]2)C1. The van der Waals surface area contributed by atoms with E-state index in [0.717, 1.165) is 50.2 Å². The van der Waals surface area contributed by atoms with E-state index in [1.54, 1.807) is 19.0 Å². The number of H-pyrrole nitrogens is 1. The van der Waals surface area contributed by atoms with Gasteiger partial charge in [-0.25, -0.2) is 4.98 Å². The molecule has 3 heterocycles. The molecule has 0 spiro atoms. The first-order valence-electron chi connectivity index (χ1n) is 12.1. The number of aromatic nitrogens is 3. The first kappa shape index (κ1) is 23.9. The lowest BCUT2D eigenvalue weighted by molar-refractivity contribution is -0.145. The topological polar surface area (TPSA) is 83.6 Å². The van der Waals surface area contributed by atoms with Crippen LogP contribution in [-0.4, -0.2) is 72.3 Å². The van der Waals surface area contributed by atoms with Crippen LogP contribution in [0.3, 0.4) is 0 Å². The van der Waals surface area contributed by atoms with E-state index in [1.165, 1.54) is 5.69 Å². The number of nitrogens with zero attached hydrogens (tertiary/aromatic N) is 4. The summed E-state index contributed by atoms with van der Waals surface area (Å²) in [6.45, 7) is 7.32. The molecule has 0 unspecified atom stereocenters. The second-order valence-electron chi connectivity index (χ2n) is 10.2. The molecule has 2 aliphatic rings. The van der Waals surface area contributed by atoms with E-state index in [0.29, 0.717) is 22.4 Å². The molecule has 9 heteroatoms. The Labute approximate surface area is 210 Å². The lowest BCUT2D eigenvalue weighted by Crippen LogP contribution is -2.49. The molecule has 186 valence electrons. The zero-order valence-corrected chi connectivity index (χ0v) is 21.4. The summed E-state index contributed by atoms with van der Waals surface area (Å²) in [6, 6.07) is 10.6. The summed E-state index contributed by atoms with van der Waals surface area (Å²) in [5.41, 5.74) is 3.69. The van der Waals surface area contributed by atoms with Gasteiger partial charge in [0, 0.05) is 43.9 Å². The van der Waals surface area contributed by atoms with Gasteiger partial charge in [0.25, 0.3) is 6.01 Å². The number of anilines is 1. The number of carbonyl (C=O) groups is 1. The van der Waals surface area contributed by atoms with Crippen LogP contribution in [0.5, 0.6) is 6.01 Å².